The molecule has 0 radical (unpaired) electrons. The van der Waals surface area contributed by atoms with E-state index >= 15 is 0 Å². The number of methoxy groups -OCH3 is 1. The summed E-state index contributed by atoms with van der Waals surface area (Å²) in [6.45, 7) is -1.55. The summed E-state index contributed by atoms with van der Waals surface area (Å²) >= 11 is 5.85. The third kappa shape index (κ3) is 5.43. The summed E-state index contributed by atoms with van der Waals surface area (Å²) < 4.78 is 33.7. The van der Waals surface area contributed by atoms with Gasteiger partial charge in [-0.1, -0.05) is 11.6 Å². The third-order valence-corrected chi connectivity index (χ3v) is 3.89. The van der Waals surface area contributed by atoms with Crippen molar-refractivity contribution in [2.45, 2.75) is 13.5 Å². The van der Waals surface area contributed by atoms with E-state index in [4.69, 9.17) is 16.3 Å². The highest BCUT2D eigenvalue weighted by atomic mass is 35.5. The van der Waals surface area contributed by atoms with Gasteiger partial charge in [-0.15, -0.1) is 0 Å². The Balaban J connectivity index is 2.03. The maximum Gasteiger partial charge on any atom is 0.387 e. The van der Waals surface area contributed by atoms with Crippen LogP contribution in [0.1, 0.15) is 5.56 Å². The number of anilines is 2. The minimum atomic E-state index is -3.00. The van der Waals surface area contributed by atoms with Crippen molar-refractivity contribution in [1.29, 1.82) is 0 Å². The van der Waals surface area contributed by atoms with Gasteiger partial charge < -0.3 is 20.1 Å². The Morgan fingerprint density at radius 3 is 2.57 bits per heavy atom. The Kier molecular flexibility index (Phi) is 6.94. The number of alkyl halides is 2. The smallest absolute Gasteiger partial charge is 0.387 e. The zero-order valence-corrected chi connectivity index (χ0v) is 15.5. The molecule has 0 saturated carbocycles. The van der Waals surface area contributed by atoms with Crippen molar-refractivity contribution < 1.29 is 28.0 Å². The Morgan fingerprint density at radius 2 is 2.00 bits per heavy atom. The van der Waals surface area contributed by atoms with Crippen molar-refractivity contribution in [2.24, 2.45) is 0 Å². The van der Waals surface area contributed by atoms with Gasteiger partial charge in [0, 0.05) is 23.5 Å². The number of carbonyl (C=O) groups excluding carboxylic acids is 1. The molecule has 0 fully saturated rings. The van der Waals surface area contributed by atoms with Gasteiger partial charge >= 0.3 is 12.3 Å². The molecule has 0 atom stereocenters. The molecule has 8 nitrogen and oxygen atoms in total. The number of carbonyl (C=O) groups is 1. The monoisotopic (exact) mass is 415 g/mol. The molecular formula is C17H16ClF2N3O5. The van der Waals surface area contributed by atoms with E-state index in [1.54, 1.807) is 6.92 Å². The number of nitrogens with one attached hydrogen (secondary N) is 2. The summed E-state index contributed by atoms with van der Waals surface area (Å²) in [7, 11) is 1.29. The Labute approximate surface area is 163 Å². The first-order valence-electron chi connectivity index (χ1n) is 7.82. The summed E-state index contributed by atoms with van der Waals surface area (Å²) in [4.78, 5) is 22.6. The summed E-state index contributed by atoms with van der Waals surface area (Å²) in [6, 6.07) is 6.67. The number of amides is 1. The normalized spacial score (nSPS) is 10.5. The van der Waals surface area contributed by atoms with Gasteiger partial charge in [0.05, 0.1) is 23.6 Å². The highest BCUT2D eigenvalue weighted by molar-refractivity contribution is 6.32. The van der Waals surface area contributed by atoms with Crippen LogP contribution in [0.2, 0.25) is 5.02 Å². The second-order valence-corrected chi connectivity index (χ2v) is 5.93. The van der Waals surface area contributed by atoms with Gasteiger partial charge in [0.25, 0.3) is 0 Å². The third-order valence-electron chi connectivity index (χ3n) is 3.60. The van der Waals surface area contributed by atoms with Crippen LogP contribution in [-0.2, 0) is 4.79 Å². The molecule has 0 unspecified atom stereocenters. The van der Waals surface area contributed by atoms with E-state index in [1.165, 1.54) is 37.4 Å². The number of ether oxygens (including phenoxy) is 2. The van der Waals surface area contributed by atoms with Crippen molar-refractivity contribution in [3.8, 4) is 11.5 Å². The Hall–Kier alpha value is -3.14. The first-order valence-corrected chi connectivity index (χ1v) is 8.20. The maximum atomic E-state index is 12.2. The minimum Gasteiger partial charge on any atom is -0.490 e. The molecule has 0 heterocycles. The van der Waals surface area contributed by atoms with Crippen LogP contribution >= 0.6 is 11.6 Å². The minimum absolute atomic E-state index is 0.0141. The number of hydrogen-bond acceptors (Lipinski definition) is 6. The summed E-state index contributed by atoms with van der Waals surface area (Å²) in [5.41, 5.74) is 1.04. The first-order chi connectivity index (χ1) is 13.2. The first kappa shape index (κ1) is 21.2. The van der Waals surface area contributed by atoms with Crippen LogP contribution in [0, 0.1) is 17.0 Å². The van der Waals surface area contributed by atoms with Gasteiger partial charge in [-0.05, 0) is 30.7 Å². The topological polar surface area (TPSA) is 103 Å². The lowest BCUT2D eigenvalue weighted by Crippen LogP contribution is -2.22. The standard InChI is InChI=1S/C17H16ClF2N3O5/c1-9-5-13(23(25)26)15(27-2)7-12(9)22-16(24)8-21-10-3-4-14(11(18)6-10)28-17(19)20/h3-7,17,21H,8H2,1-2H3,(H,22,24). The molecule has 2 aromatic rings. The predicted octanol–water partition coefficient (Wildman–Crippen LogP) is 4.22. The van der Waals surface area contributed by atoms with Gasteiger partial charge in [-0.2, -0.15) is 8.78 Å². The van der Waals surface area contributed by atoms with Crippen LogP contribution in [0.3, 0.4) is 0 Å². The number of halogens is 3. The van der Waals surface area contributed by atoms with Crippen molar-refractivity contribution in [1.82, 2.24) is 0 Å². The fourth-order valence-electron chi connectivity index (χ4n) is 2.29. The van der Waals surface area contributed by atoms with Crippen LogP contribution in [0.15, 0.2) is 30.3 Å². The van der Waals surface area contributed by atoms with Crippen LogP contribution < -0.4 is 20.1 Å². The maximum absolute atomic E-state index is 12.2. The number of nitrogens with zero attached hydrogens (tertiary/aromatic N) is 1. The SMILES string of the molecule is COc1cc(NC(=O)CNc2ccc(OC(F)F)c(Cl)c2)c(C)cc1[N+](=O)[O-]. The highest BCUT2D eigenvalue weighted by Crippen LogP contribution is 2.33. The van der Waals surface area contributed by atoms with Crippen LogP contribution in [0.25, 0.3) is 0 Å². The summed E-state index contributed by atoms with van der Waals surface area (Å²) in [6.07, 6.45) is 0. The van der Waals surface area contributed by atoms with Gasteiger partial charge in [-0.25, -0.2) is 0 Å². The molecule has 2 aromatic carbocycles. The van der Waals surface area contributed by atoms with E-state index in [-0.39, 0.29) is 28.8 Å². The largest absolute Gasteiger partial charge is 0.490 e. The second kappa shape index (κ2) is 9.18. The molecule has 0 aliphatic rings. The molecule has 0 spiro atoms. The number of nitro groups is 1. The molecular weight excluding hydrogens is 400 g/mol. The Bertz CT molecular complexity index is 895. The van der Waals surface area contributed by atoms with E-state index < -0.39 is 17.4 Å². The molecule has 0 aromatic heterocycles. The number of rotatable bonds is 8. The molecule has 2 rings (SSSR count). The number of hydrogen-bond donors (Lipinski definition) is 2. The molecule has 0 saturated heterocycles. The van der Waals surface area contributed by atoms with Gasteiger partial charge in [0.2, 0.25) is 5.91 Å². The lowest BCUT2D eigenvalue weighted by molar-refractivity contribution is -0.385. The lowest BCUT2D eigenvalue weighted by Gasteiger charge is -2.12. The second-order valence-electron chi connectivity index (χ2n) is 5.52. The zero-order chi connectivity index (χ0) is 20.8. The quantitative estimate of drug-likeness (QED) is 0.494. The van der Waals surface area contributed by atoms with Gasteiger partial charge in [0.15, 0.2) is 5.75 Å². The van der Waals surface area contributed by atoms with E-state index in [1.807, 2.05) is 0 Å². The van der Waals surface area contributed by atoms with Crippen LogP contribution in [0.5, 0.6) is 11.5 Å². The van der Waals surface area contributed by atoms with Crippen molar-refractivity contribution >= 4 is 34.6 Å². The van der Waals surface area contributed by atoms with Gasteiger partial charge in [0.1, 0.15) is 5.75 Å². The average Bonchev–Trinajstić information content (AvgIpc) is 2.62. The highest BCUT2D eigenvalue weighted by Gasteiger charge is 2.18. The van der Waals surface area contributed by atoms with Crippen molar-refractivity contribution in [3.05, 3.63) is 51.0 Å². The molecule has 1 amide bonds. The molecule has 28 heavy (non-hydrogen) atoms. The Morgan fingerprint density at radius 1 is 1.29 bits per heavy atom. The molecule has 2 N–H and O–H groups in total. The predicted molar refractivity (Wildman–Crippen MR) is 99.6 cm³/mol. The van der Waals surface area contributed by atoms with E-state index in [2.05, 4.69) is 15.4 Å². The van der Waals surface area contributed by atoms with Crippen molar-refractivity contribution in [3.63, 3.8) is 0 Å². The molecule has 0 aliphatic heterocycles. The van der Waals surface area contributed by atoms with Crippen LogP contribution in [-0.4, -0.2) is 31.1 Å². The van der Waals surface area contributed by atoms with Gasteiger partial charge in [-0.3, -0.25) is 14.9 Å². The van der Waals surface area contributed by atoms with Crippen molar-refractivity contribution in [2.75, 3.05) is 24.3 Å². The van der Waals surface area contributed by atoms with E-state index in [0.29, 0.717) is 16.9 Å². The molecule has 11 heteroatoms. The molecule has 0 bridgehead atoms. The number of nitro benzene ring substituents is 1. The number of benzene rings is 2. The van der Waals surface area contributed by atoms with E-state index in [0.717, 1.165) is 0 Å². The molecule has 150 valence electrons. The summed E-state index contributed by atoms with van der Waals surface area (Å²) in [5.74, 6) is -0.608. The van der Waals surface area contributed by atoms with E-state index in [9.17, 15) is 23.7 Å². The lowest BCUT2D eigenvalue weighted by atomic mass is 10.1. The molecule has 0 aliphatic carbocycles. The average molecular weight is 416 g/mol. The zero-order valence-electron chi connectivity index (χ0n) is 14.8. The number of aryl methyl sites for hydroxylation is 1. The van der Waals surface area contributed by atoms with Crippen LogP contribution in [0.4, 0.5) is 25.8 Å². The summed E-state index contributed by atoms with van der Waals surface area (Å²) in [5, 5.41) is 16.4. The fraction of sp³-hybridized carbons (Fsp3) is 0.235. The fourth-order valence-corrected chi connectivity index (χ4v) is 2.52.